The Hall–Kier alpha value is -1.40. The molecule has 0 bridgehead atoms. The van der Waals surface area contributed by atoms with Crippen molar-refractivity contribution in [2.24, 2.45) is 11.7 Å². The number of hydrogen-bond donors (Lipinski definition) is 2. The topological polar surface area (TPSA) is 76.3 Å². The van der Waals surface area contributed by atoms with Crippen molar-refractivity contribution in [2.75, 3.05) is 50.1 Å². The first kappa shape index (κ1) is 14.0. The van der Waals surface area contributed by atoms with Crippen molar-refractivity contribution in [1.29, 1.82) is 0 Å². The van der Waals surface area contributed by atoms with Gasteiger partial charge in [-0.05, 0) is 25.3 Å². The number of piperidine rings is 1. The molecule has 1 unspecified atom stereocenters. The van der Waals surface area contributed by atoms with Gasteiger partial charge in [-0.3, -0.25) is 0 Å². The molecule has 1 aliphatic heterocycles. The van der Waals surface area contributed by atoms with Crippen molar-refractivity contribution in [1.82, 2.24) is 9.97 Å². The molecule has 0 aliphatic carbocycles. The van der Waals surface area contributed by atoms with E-state index in [-0.39, 0.29) is 0 Å². The number of hydrogen-bond acceptors (Lipinski definition) is 6. The van der Waals surface area contributed by atoms with Crippen LogP contribution in [-0.2, 0) is 4.74 Å². The summed E-state index contributed by atoms with van der Waals surface area (Å²) in [4.78, 5) is 10.9. The van der Waals surface area contributed by atoms with Crippen LogP contribution >= 0.6 is 0 Å². The van der Waals surface area contributed by atoms with Gasteiger partial charge >= 0.3 is 0 Å². The smallest absolute Gasteiger partial charge is 0.134 e. The molecule has 6 heteroatoms. The maximum Gasteiger partial charge on any atom is 0.134 e. The van der Waals surface area contributed by atoms with Crippen molar-refractivity contribution in [2.45, 2.75) is 12.8 Å². The molecule has 0 aromatic carbocycles. The molecule has 3 N–H and O–H groups in total. The average molecular weight is 265 g/mol. The van der Waals surface area contributed by atoms with Gasteiger partial charge in [0, 0.05) is 32.8 Å². The number of nitrogens with zero attached hydrogens (tertiary/aromatic N) is 3. The lowest BCUT2D eigenvalue weighted by Crippen LogP contribution is -2.38. The third-order valence-electron chi connectivity index (χ3n) is 3.44. The highest BCUT2D eigenvalue weighted by molar-refractivity contribution is 5.48. The highest BCUT2D eigenvalue weighted by Crippen LogP contribution is 2.21. The first-order valence-corrected chi connectivity index (χ1v) is 6.83. The van der Waals surface area contributed by atoms with Crippen LogP contribution in [0.3, 0.4) is 0 Å². The summed E-state index contributed by atoms with van der Waals surface area (Å²) < 4.78 is 5.01. The fraction of sp³-hybridized carbons (Fsp3) is 0.692. The number of ether oxygens (including phenoxy) is 1. The minimum Gasteiger partial charge on any atom is -0.383 e. The second kappa shape index (κ2) is 7.25. The van der Waals surface area contributed by atoms with Gasteiger partial charge < -0.3 is 20.7 Å². The van der Waals surface area contributed by atoms with E-state index >= 15 is 0 Å². The highest BCUT2D eigenvalue weighted by Gasteiger charge is 2.19. The van der Waals surface area contributed by atoms with Crippen LogP contribution in [0.4, 0.5) is 11.6 Å². The van der Waals surface area contributed by atoms with Gasteiger partial charge in [-0.2, -0.15) is 0 Å². The van der Waals surface area contributed by atoms with Gasteiger partial charge in [0.15, 0.2) is 0 Å². The first-order chi connectivity index (χ1) is 9.33. The van der Waals surface area contributed by atoms with Crippen LogP contribution < -0.4 is 16.0 Å². The fourth-order valence-electron chi connectivity index (χ4n) is 2.36. The third-order valence-corrected chi connectivity index (χ3v) is 3.44. The fourth-order valence-corrected chi connectivity index (χ4v) is 2.36. The summed E-state index contributed by atoms with van der Waals surface area (Å²) in [7, 11) is 1.69. The zero-order valence-corrected chi connectivity index (χ0v) is 11.5. The SMILES string of the molecule is COCCNc1cc(N2CCCC(CN)C2)ncn1. The number of anilines is 2. The Morgan fingerprint density at radius 3 is 3.21 bits per heavy atom. The minimum atomic E-state index is 0.577. The molecule has 1 aromatic rings. The van der Waals surface area contributed by atoms with Crippen molar-refractivity contribution < 1.29 is 4.74 Å². The molecule has 1 aromatic heterocycles. The van der Waals surface area contributed by atoms with Crippen molar-refractivity contribution in [3.05, 3.63) is 12.4 Å². The Bertz CT molecular complexity index is 387. The Balaban J connectivity index is 1.97. The van der Waals surface area contributed by atoms with E-state index in [1.165, 1.54) is 12.8 Å². The third kappa shape index (κ3) is 4.04. The molecule has 2 heterocycles. The molecule has 2 rings (SSSR count). The molecule has 1 fully saturated rings. The zero-order valence-electron chi connectivity index (χ0n) is 11.5. The molecule has 1 atom stereocenters. The minimum absolute atomic E-state index is 0.577. The lowest BCUT2D eigenvalue weighted by molar-refractivity contribution is 0.210. The van der Waals surface area contributed by atoms with Gasteiger partial charge in [0.2, 0.25) is 0 Å². The van der Waals surface area contributed by atoms with Crippen LogP contribution in [0.1, 0.15) is 12.8 Å². The second-order valence-electron chi connectivity index (χ2n) is 4.87. The van der Waals surface area contributed by atoms with E-state index in [0.717, 1.165) is 37.8 Å². The van der Waals surface area contributed by atoms with E-state index < -0.39 is 0 Å². The molecule has 1 saturated heterocycles. The van der Waals surface area contributed by atoms with Crippen LogP contribution in [0.25, 0.3) is 0 Å². The van der Waals surface area contributed by atoms with E-state index in [2.05, 4.69) is 20.2 Å². The maximum absolute atomic E-state index is 5.77. The van der Waals surface area contributed by atoms with Crippen molar-refractivity contribution in [3.8, 4) is 0 Å². The van der Waals surface area contributed by atoms with Gasteiger partial charge in [-0.15, -0.1) is 0 Å². The molecular weight excluding hydrogens is 242 g/mol. The lowest BCUT2D eigenvalue weighted by atomic mass is 9.98. The van der Waals surface area contributed by atoms with E-state index in [1.807, 2.05) is 6.07 Å². The van der Waals surface area contributed by atoms with E-state index in [1.54, 1.807) is 13.4 Å². The van der Waals surface area contributed by atoms with E-state index in [4.69, 9.17) is 10.5 Å². The standard InChI is InChI=1S/C13H23N5O/c1-19-6-4-15-12-7-13(17-10-16-12)18-5-2-3-11(8-14)9-18/h7,10-11H,2-6,8-9,14H2,1H3,(H,15,16,17). The Labute approximate surface area is 114 Å². The summed E-state index contributed by atoms with van der Waals surface area (Å²) in [6.45, 7) is 4.20. The van der Waals surface area contributed by atoms with Gasteiger partial charge in [0.1, 0.15) is 18.0 Å². The summed E-state index contributed by atoms with van der Waals surface area (Å²) in [5, 5.41) is 3.22. The highest BCUT2D eigenvalue weighted by atomic mass is 16.5. The van der Waals surface area contributed by atoms with Gasteiger partial charge in [0.05, 0.1) is 6.61 Å². The van der Waals surface area contributed by atoms with Crippen LogP contribution in [0.2, 0.25) is 0 Å². The van der Waals surface area contributed by atoms with Crippen molar-refractivity contribution in [3.63, 3.8) is 0 Å². The number of methoxy groups -OCH3 is 1. The van der Waals surface area contributed by atoms with E-state index in [9.17, 15) is 0 Å². The molecule has 106 valence electrons. The maximum atomic E-state index is 5.77. The van der Waals surface area contributed by atoms with Gasteiger partial charge in [-0.1, -0.05) is 0 Å². The molecule has 19 heavy (non-hydrogen) atoms. The molecule has 0 spiro atoms. The summed E-state index contributed by atoms with van der Waals surface area (Å²) >= 11 is 0. The second-order valence-corrected chi connectivity index (χ2v) is 4.87. The van der Waals surface area contributed by atoms with Crippen LogP contribution in [0.15, 0.2) is 12.4 Å². The molecule has 6 nitrogen and oxygen atoms in total. The Morgan fingerprint density at radius 1 is 1.53 bits per heavy atom. The number of rotatable bonds is 6. The van der Waals surface area contributed by atoms with Crippen LogP contribution in [-0.4, -0.2) is 49.9 Å². The summed E-state index contributed by atoms with van der Waals surface area (Å²) in [5.74, 6) is 2.40. The van der Waals surface area contributed by atoms with Gasteiger partial charge in [0.25, 0.3) is 0 Å². The predicted octanol–water partition coefficient (Wildman–Crippen LogP) is 0.710. The van der Waals surface area contributed by atoms with E-state index in [0.29, 0.717) is 12.5 Å². The Kier molecular flexibility index (Phi) is 5.35. The molecule has 0 saturated carbocycles. The quantitative estimate of drug-likeness (QED) is 0.738. The van der Waals surface area contributed by atoms with Gasteiger partial charge in [-0.25, -0.2) is 9.97 Å². The molecule has 0 amide bonds. The molecular formula is C13H23N5O. The predicted molar refractivity (Wildman–Crippen MR) is 76.4 cm³/mol. The monoisotopic (exact) mass is 265 g/mol. The average Bonchev–Trinajstić information content (AvgIpc) is 2.48. The Morgan fingerprint density at radius 2 is 2.42 bits per heavy atom. The van der Waals surface area contributed by atoms with Crippen molar-refractivity contribution >= 4 is 11.6 Å². The summed E-state index contributed by atoms with van der Waals surface area (Å²) in [6, 6.07) is 1.99. The number of nitrogens with two attached hydrogens (primary N) is 1. The molecule has 0 radical (unpaired) electrons. The number of nitrogens with one attached hydrogen (secondary N) is 1. The first-order valence-electron chi connectivity index (χ1n) is 6.83. The summed E-state index contributed by atoms with van der Waals surface area (Å²) in [5.41, 5.74) is 5.77. The lowest BCUT2D eigenvalue weighted by Gasteiger charge is -2.33. The number of aromatic nitrogens is 2. The zero-order chi connectivity index (χ0) is 13.5. The normalized spacial score (nSPS) is 19.5. The molecule has 1 aliphatic rings. The van der Waals surface area contributed by atoms with Crippen LogP contribution in [0, 0.1) is 5.92 Å². The largest absolute Gasteiger partial charge is 0.383 e. The van der Waals surface area contributed by atoms with Crippen LogP contribution in [0.5, 0.6) is 0 Å². The summed E-state index contributed by atoms with van der Waals surface area (Å²) in [6.07, 6.45) is 4.01.